The molecule has 2 aromatic carbocycles. The van der Waals surface area contributed by atoms with Gasteiger partial charge in [0, 0.05) is 50.6 Å². The molecule has 1 aliphatic carbocycles. The molecular formula is C26H19Cl2N3O4S. The molecule has 0 unspecified atom stereocenters. The molecule has 0 atom stereocenters. The minimum atomic E-state index is -3.90. The van der Waals surface area contributed by atoms with E-state index in [-0.39, 0.29) is 24.4 Å². The molecule has 4 aromatic rings. The van der Waals surface area contributed by atoms with Crippen LogP contribution in [0, 0.1) is 0 Å². The van der Waals surface area contributed by atoms with Gasteiger partial charge in [0.2, 0.25) is 10.0 Å². The number of rotatable bonds is 5. The van der Waals surface area contributed by atoms with Crippen molar-refractivity contribution >= 4 is 72.3 Å². The smallest absolute Gasteiger partial charge is 0.282 e. The number of ketones is 1. The molecule has 0 saturated carbocycles. The Hall–Kier alpha value is -3.46. The Labute approximate surface area is 217 Å². The lowest BCUT2D eigenvalue weighted by Gasteiger charge is -2.15. The fraction of sp³-hybridized carbons (Fsp3) is 0.115. The number of hydrogen-bond donors (Lipinski definition) is 1. The SMILES string of the molecule is CS(=O)(=O)NC(=O)c1c(C2=CC=CCC2=O)c2cc(Cl)ccc2n1Cc1cnc2ccccc2c1Cl. The largest absolute Gasteiger partial charge is 0.331 e. The van der Waals surface area contributed by atoms with Crippen molar-refractivity contribution < 1.29 is 18.0 Å². The Kier molecular flexibility index (Phi) is 6.20. The molecular weight excluding hydrogens is 521 g/mol. The van der Waals surface area contributed by atoms with Gasteiger partial charge in [0.05, 0.1) is 23.3 Å². The Morgan fingerprint density at radius 2 is 1.92 bits per heavy atom. The van der Waals surface area contributed by atoms with Crippen molar-refractivity contribution in [1.29, 1.82) is 0 Å². The lowest BCUT2D eigenvalue weighted by atomic mass is 9.93. The lowest BCUT2D eigenvalue weighted by molar-refractivity contribution is -0.113. The fourth-order valence-corrected chi connectivity index (χ4v) is 5.28. The highest BCUT2D eigenvalue weighted by Crippen LogP contribution is 2.37. The summed E-state index contributed by atoms with van der Waals surface area (Å²) < 4.78 is 27.7. The number of pyridine rings is 1. The number of aromatic nitrogens is 2. The number of benzene rings is 2. The average molecular weight is 540 g/mol. The molecule has 0 bridgehead atoms. The quantitative estimate of drug-likeness (QED) is 0.378. The van der Waals surface area contributed by atoms with Gasteiger partial charge in [-0.05, 0) is 24.3 Å². The maximum Gasteiger partial charge on any atom is 0.282 e. The third-order valence-corrected chi connectivity index (χ3v) is 7.14. The first-order valence-corrected chi connectivity index (χ1v) is 13.5. The molecule has 182 valence electrons. The normalized spacial score (nSPS) is 13.9. The summed E-state index contributed by atoms with van der Waals surface area (Å²) in [5, 5.41) is 2.15. The van der Waals surface area contributed by atoms with Crippen LogP contribution in [-0.4, -0.2) is 35.9 Å². The summed E-state index contributed by atoms with van der Waals surface area (Å²) in [5.41, 5.74) is 2.54. The number of nitrogens with one attached hydrogen (secondary N) is 1. The molecule has 1 aliphatic rings. The highest BCUT2D eigenvalue weighted by Gasteiger charge is 2.30. The molecule has 5 rings (SSSR count). The molecule has 36 heavy (non-hydrogen) atoms. The van der Waals surface area contributed by atoms with Gasteiger partial charge in [-0.1, -0.05) is 59.6 Å². The van der Waals surface area contributed by atoms with Crippen molar-refractivity contribution in [2.75, 3.05) is 6.26 Å². The highest BCUT2D eigenvalue weighted by molar-refractivity contribution is 7.89. The van der Waals surface area contributed by atoms with Crippen molar-refractivity contribution in [2.24, 2.45) is 0 Å². The second-order valence-electron chi connectivity index (χ2n) is 8.42. The van der Waals surface area contributed by atoms with Gasteiger partial charge < -0.3 is 4.57 Å². The van der Waals surface area contributed by atoms with Gasteiger partial charge in [-0.3, -0.25) is 14.6 Å². The number of nitrogens with zero attached hydrogens (tertiary/aromatic N) is 2. The van der Waals surface area contributed by atoms with E-state index in [0.29, 0.717) is 37.6 Å². The monoisotopic (exact) mass is 539 g/mol. The maximum absolute atomic E-state index is 13.4. The minimum absolute atomic E-state index is 0.0109. The summed E-state index contributed by atoms with van der Waals surface area (Å²) in [5.74, 6) is -1.07. The van der Waals surface area contributed by atoms with Crippen LogP contribution in [0.25, 0.3) is 27.4 Å². The summed E-state index contributed by atoms with van der Waals surface area (Å²) >= 11 is 13.0. The Bertz CT molecular complexity index is 1750. The van der Waals surface area contributed by atoms with Gasteiger partial charge in [-0.2, -0.15) is 0 Å². The number of hydrogen-bond acceptors (Lipinski definition) is 5. The number of allylic oxidation sites excluding steroid dienone is 4. The zero-order chi connectivity index (χ0) is 25.6. The maximum atomic E-state index is 13.4. The zero-order valence-electron chi connectivity index (χ0n) is 19.0. The van der Waals surface area contributed by atoms with E-state index in [0.717, 1.165) is 17.2 Å². The third kappa shape index (κ3) is 4.43. The molecule has 0 aliphatic heterocycles. The molecule has 10 heteroatoms. The van der Waals surface area contributed by atoms with Crippen LogP contribution in [0.3, 0.4) is 0 Å². The van der Waals surface area contributed by atoms with Crippen LogP contribution in [0.15, 0.2) is 66.9 Å². The van der Waals surface area contributed by atoms with Crippen molar-refractivity contribution in [2.45, 2.75) is 13.0 Å². The van der Waals surface area contributed by atoms with Crippen LogP contribution < -0.4 is 4.72 Å². The van der Waals surface area contributed by atoms with Crippen LogP contribution in [-0.2, 0) is 21.4 Å². The van der Waals surface area contributed by atoms with E-state index in [9.17, 15) is 18.0 Å². The summed E-state index contributed by atoms with van der Waals surface area (Å²) in [6, 6.07) is 12.5. The summed E-state index contributed by atoms with van der Waals surface area (Å²) in [7, 11) is -3.90. The second-order valence-corrected chi connectivity index (χ2v) is 11.0. The van der Waals surface area contributed by atoms with Crippen LogP contribution >= 0.6 is 23.2 Å². The van der Waals surface area contributed by atoms with Gasteiger partial charge in [0.25, 0.3) is 5.91 Å². The summed E-state index contributed by atoms with van der Waals surface area (Å²) in [6.07, 6.45) is 7.74. The van der Waals surface area contributed by atoms with Crippen molar-refractivity contribution in [3.63, 3.8) is 0 Å². The van der Waals surface area contributed by atoms with Crippen molar-refractivity contribution in [3.8, 4) is 0 Å². The first kappa shape index (κ1) is 24.2. The van der Waals surface area contributed by atoms with E-state index in [2.05, 4.69) is 9.71 Å². The zero-order valence-corrected chi connectivity index (χ0v) is 21.3. The number of para-hydroxylation sites is 1. The van der Waals surface area contributed by atoms with Gasteiger partial charge in [0.1, 0.15) is 5.69 Å². The fourth-order valence-electron chi connectivity index (χ4n) is 4.41. The molecule has 0 spiro atoms. The van der Waals surface area contributed by atoms with Crippen LogP contribution in [0.4, 0.5) is 0 Å². The molecule has 0 fully saturated rings. The predicted molar refractivity (Wildman–Crippen MR) is 142 cm³/mol. The molecule has 1 amide bonds. The number of fused-ring (bicyclic) bond motifs is 2. The van der Waals surface area contributed by atoms with E-state index in [1.165, 1.54) is 0 Å². The molecule has 2 heterocycles. The number of amides is 1. The van der Waals surface area contributed by atoms with Gasteiger partial charge in [-0.25, -0.2) is 13.1 Å². The number of Topliss-reactive ketones (excluding diaryl/α,β-unsaturated/α-hetero) is 1. The number of carbonyl (C=O) groups is 2. The van der Waals surface area contributed by atoms with Crippen molar-refractivity contribution in [3.05, 3.63) is 93.8 Å². The molecule has 1 N–H and O–H groups in total. The van der Waals surface area contributed by atoms with E-state index >= 15 is 0 Å². The Morgan fingerprint density at radius 1 is 1.14 bits per heavy atom. The minimum Gasteiger partial charge on any atom is -0.331 e. The Balaban J connectivity index is 1.81. The lowest BCUT2D eigenvalue weighted by Crippen LogP contribution is -2.32. The van der Waals surface area contributed by atoms with Gasteiger partial charge in [0.15, 0.2) is 5.78 Å². The number of carbonyl (C=O) groups excluding carboxylic acids is 2. The highest BCUT2D eigenvalue weighted by atomic mass is 35.5. The average Bonchev–Trinajstić information content (AvgIpc) is 3.13. The van der Waals surface area contributed by atoms with E-state index in [1.54, 1.807) is 47.2 Å². The molecule has 0 saturated heterocycles. The number of halogens is 2. The van der Waals surface area contributed by atoms with Crippen molar-refractivity contribution in [1.82, 2.24) is 14.3 Å². The molecule has 7 nitrogen and oxygen atoms in total. The standard InChI is InChI=1S/C26H19Cl2N3O4S/c1-36(34,35)30-26(33)25-23(18-7-3-5-9-22(18)32)19-12-16(27)10-11-21(19)31(25)14-15-13-29-20-8-4-2-6-17(20)24(15)28/h2-8,10-13H,9,14H2,1H3,(H,30,33). The first-order valence-electron chi connectivity index (χ1n) is 10.9. The van der Waals surface area contributed by atoms with E-state index < -0.39 is 15.9 Å². The van der Waals surface area contributed by atoms with Crippen LogP contribution in [0.2, 0.25) is 10.0 Å². The predicted octanol–water partition coefficient (Wildman–Crippen LogP) is 5.15. The molecule has 2 aromatic heterocycles. The van der Waals surface area contributed by atoms with Crippen LogP contribution in [0.5, 0.6) is 0 Å². The summed E-state index contributed by atoms with van der Waals surface area (Å²) in [4.78, 5) is 30.8. The number of sulfonamides is 1. The third-order valence-electron chi connectivity index (χ3n) is 5.90. The van der Waals surface area contributed by atoms with E-state index in [4.69, 9.17) is 23.2 Å². The van der Waals surface area contributed by atoms with Crippen LogP contribution in [0.1, 0.15) is 28.0 Å². The topological polar surface area (TPSA) is 98.1 Å². The second kappa shape index (κ2) is 9.20. The summed E-state index contributed by atoms with van der Waals surface area (Å²) in [6.45, 7) is 0.0959. The Morgan fingerprint density at radius 3 is 2.67 bits per heavy atom. The van der Waals surface area contributed by atoms with Gasteiger partial charge in [-0.15, -0.1) is 0 Å². The van der Waals surface area contributed by atoms with Gasteiger partial charge >= 0.3 is 0 Å². The first-order chi connectivity index (χ1) is 17.1. The molecule has 0 radical (unpaired) electrons. The van der Waals surface area contributed by atoms with E-state index in [1.807, 2.05) is 24.3 Å².